The van der Waals surface area contributed by atoms with E-state index in [2.05, 4.69) is 0 Å². The summed E-state index contributed by atoms with van der Waals surface area (Å²) in [5, 5.41) is 9.46. The number of nitrogens with zero attached hydrogens (tertiary/aromatic N) is 1. The molecule has 1 rings (SSSR count). The molecule has 0 heterocycles. The van der Waals surface area contributed by atoms with Gasteiger partial charge in [-0.1, -0.05) is 30.3 Å². The van der Waals surface area contributed by atoms with E-state index in [4.69, 9.17) is 4.74 Å². The molecule has 0 aromatic heterocycles. The number of esters is 1. The van der Waals surface area contributed by atoms with Gasteiger partial charge in [0.1, 0.15) is 5.78 Å². The highest BCUT2D eigenvalue weighted by molar-refractivity contribution is 5.84. The number of hydrogen-bond donors (Lipinski definition) is 0. The lowest BCUT2D eigenvalue weighted by Gasteiger charge is -2.29. The summed E-state index contributed by atoms with van der Waals surface area (Å²) in [4.78, 5) is 23.6. The largest absolute Gasteiger partial charge is 0.465 e. The monoisotopic (exact) mass is 273 g/mol. The highest BCUT2D eigenvalue weighted by Crippen LogP contribution is 2.39. The first-order valence-corrected chi connectivity index (χ1v) is 6.58. The second kappa shape index (κ2) is 6.85. The molecule has 20 heavy (non-hydrogen) atoms. The summed E-state index contributed by atoms with van der Waals surface area (Å²) in [6.45, 7) is 4.89. The number of benzene rings is 1. The Bertz CT molecular complexity index is 518. The Morgan fingerprint density at radius 2 is 1.95 bits per heavy atom. The third-order valence-corrected chi connectivity index (χ3v) is 3.32. The van der Waals surface area contributed by atoms with Gasteiger partial charge in [-0.05, 0) is 26.3 Å². The number of ketones is 1. The van der Waals surface area contributed by atoms with Gasteiger partial charge in [-0.25, -0.2) is 0 Å². The summed E-state index contributed by atoms with van der Waals surface area (Å²) in [5.41, 5.74) is -0.581. The fourth-order valence-electron chi connectivity index (χ4n) is 2.17. The maximum Gasteiger partial charge on any atom is 0.326 e. The van der Waals surface area contributed by atoms with E-state index in [0.717, 1.165) is 5.56 Å². The lowest BCUT2D eigenvalue weighted by molar-refractivity contribution is -0.152. The minimum atomic E-state index is -1.37. The van der Waals surface area contributed by atoms with E-state index in [9.17, 15) is 14.9 Å². The molecule has 106 valence electrons. The first-order chi connectivity index (χ1) is 9.45. The standard InChI is InChI=1S/C16H19NO3/c1-4-20-15(19)16(3,11-17)14(10-12(2)18)13-8-6-5-7-9-13/h5-9,14H,4,10H2,1-3H3. The quantitative estimate of drug-likeness (QED) is 0.747. The van der Waals surface area contributed by atoms with Gasteiger partial charge in [-0.2, -0.15) is 5.26 Å². The second-order valence-corrected chi connectivity index (χ2v) is 4.90. The minimum absolute atomic E-state index is 0.0652. The number of hydrogen-bond acceptors (Lipinski definition) is 4. The molecule has 0 bridgehead atoms. The maximum atomic E-state index is 12.1. The van der Waals surface area contributed by atoms with Crippen molar-refractivity contribution in [2.45, 2.75) is 33.1 Å². The lowest BCUT2D eigenvalue weighted by atomic mass is 9.72. The summed E-state index contributed by atoms with van der Waals surface area (Å²) < 4.78 is 5.01. The molecule has 0 aliphatic carbocycles. The number of ether oxygens (including phenoxy) is 1. The van der Waals surface area contributed by atoms with Crippen LogP contribution in [-0.4, -0.2) is 18.4 Å². The molecule has 0 saturated carbocycles. The topological polar surface area (TPSA) is 67.2 Å². The fraction of sp³-hybridized carbons (Fsp3) is 0.438. The molecule has 0 spiro atoms. The molecule has 0 saturated heterocycles. The van der Waals surface area contributed by atoms with Crippen molar-refractivity contribution in [3.63, 3.8) is 0 Å². The van der Waals surface area contributed by atoms with Gasteiger partial charge in [0.25, 0.3) is 0 Å². The van der Waals surface area contributed by atoms with E-state index in [0.29, 0.717) is 0 Å². The zero-order valence-electron chi connectivity index (χ0n) is 12.1. The van der Waals surface area contributed by atoms with Gasteiger partial charge in [-0.3, -0.25) is 4.79 Å². The Kier molecular flexibility index (Phi) is 5.45. The van der Waals surface area contributed by atoms with E-state index in [-0.39, 0.29) is 18.8 Å². The molecule has 0 amide bonds. The van der Waals surface area contributed by atoms with Crippen LogP contribution in [0.5, 0.6) is 0 Å². The Morgan fingerprint density at radius 3 is 2.40 bits per heavy atom. The molecule has 0 aliphatic heterocycles. The summed E-state index contributed by atoms with van der Waals surface area (Å²) in [7, 11) is 0. The van der Waals surface area contributed by atoms with Crippen molar-refractivity contribution in [1.29, 1.82) is 5.26 Å². The Labute approximate surface area is 119 Å². The molecule has 4 heteroatoms. The Balaban J connectivity index is 3.24. The number of Topliss-reactive ketones (excluding diaryl/α,β-unsaturated/α-hetero) is 1. The molecule has 4 nitrogen and oxygen atoms in total. The van der Waals surface area contributed by atoms with Gasteiger partial charge in [0.2, 0.25) is 0 Å². The van der Waals surface area contributed by atoms with Crippen molar-refractivity contribution in [1.82, 2.24) is 0 Å². The summed E-state index contributed by atoms with van der Waals surface area (Å²) in [6, 6.07) is 11.2. The van der Waals surface area contributed by atoms with Crippen molar-refractivity contribution >= 4 is 11.8 Å². The average molecular weight is 273 g/mol. The predicted molar refractivity (Wildman–Crippen MR) is 74.8 cm³/mol. The van der Waals surface area contributed by atoms with Crippen molar-refractivity contribution < 1.29 is 14.3 Å². The van der Waals surface area contributed by atoms with Gasteiger partial charge < -0.3 is 9.53 Å². The normalized spacial score (nSPS) is 14.7. The van der Waals surface area contributed by atoms with Crippen molar-refractivity contribution in [2.75, 3.05) is 6.61 Å². The first kappa shape index (κ1) is 15.9. The zero-order valence-corrected chi connectivity index (χ0v) is 12.1. The Hall–Kier alpha value is -2.15. The van der Waals surface area contributed by atoms with Crippen LogP contribution in [0.3, 0.4) is 0 Å². The molecule has 1 aromatic rings. The van der Waals surface area contributed by atoms with Crippen LogP contribution < -0.4 is 0 Å². The van der Waals surface area contributed by atoms with Crippen LogP contribution in [0, 0.1) is 16.7 Å². The highest BCUT2D eigenvalue weighted by Gasteiger charge is 2.44. The molecule has 0 N–H and O–H groups in total. The average Bonchev–Trinajstić information content (AvgIpc) is 2.45. The van der Waals surface area contributed by atoms with Gasteiger partial charge in [0, 0.05) is 12.3 Å². The predicted octanol–water partition coefficient (Wildman–Crippen LogP) is 2.84. The summed E-state index contributed by atoms with van der Waals surface area (Å²) in [6.07, 6.45) is 0.132. The molecule has 0 radical (unpaired) electrons. The van der Waals surface area contributed by atoms with Gasteiger partial charge >= 0.3 is 5.97 Å². The second-order valence-electron chi connectivity index (χ2n) is 4.90. The van der Waals surface area contributed by atoms with E-state index >= 15 is 0 Å². The molecule has 0 aliphatic rings. The smallest absolute Gasteiger partial charge is 0.326 e. The van der Waals surface area contributed by atoms with Crippen LogP contribution in [-0.2, 0) is 14.3 Å². The third kappa shape index (κ3) is 3.45. The van der Waals surface area contributed by atoms with Crippen LogP contribution in [0.4, 0.5) is 0 Å². The molecule has 2 unspecified atom stereocenters. The van der Waals surface area contributed by atoms with E-state index in [1.165, 1.54) is 13.8 Å². The van der Waals surface area contributed by atoms with Gasteiger partial charge in [-0.15, -0.1) is 0 Å². The number of nitriles is 1. The third-order valence-electron chi connectivity index (χ3n) is 3.32. The lowest BCUT2D eigenvalue weighted by Crippen LogP contribution is -2.36. The number of carbonyl (C=O) groups is 2. The zero-order chi connectivity index (χ0) is 15.2. The van der Waals surface area contributed by atoms with Crippen molar-refractivity contribution in [3.05, 3.63) is 35.9 Å². The van der Waals surface area contributed by atoms with Gasteiger partial charge in [0.15, 0.2) is 5.41 Å². The first-order valence-electron chi connectivity index (χ1n) is 6.58. The Morgan fingerprint density at radius 1 is 1.35 bits per heavy atom. The maximum absolute atomic E-state index is 12.1. The SMILES string of the molecule is CCOC(=O)C(C)(C#N)C(CC(C)=O)c1ccccc1. The summed E-state index contributed by atoms with van der Waals surface area (Å²) in [5.74, 6) is -1.16. The van der Waals surface area contributed by atoms with Crippen molar-refractivity contribution in [3.8, 4) is 6.07 Å². The highest BCUT2D eigenvalue weighted by atomic mass is 16.5. The van der Waals surface area contributed by atoms with Crippen LogP contribution >= 0.6 is 0 Å². The van der Waals surface area contributed by atoms with Crippen molar-refractivity contribution in [2.24, 2.45) is 5.41 Å². The number of carbonyl (C=O) groups excluding carboxylic acids is 2. The van der Waals surface area contributed by atoms with Crippen LogP contribution in [0.25, 0.3) is 0 Å². The molecular formula is C16H19NO3. The minimum Gasteiger partial charge on any atom is -0.465 e. The molecule has 1 aromatic carbocycles. The number of rotatable bonds is 6. The van der Waals surface area contributed by atoms with E-state index in [1.54, 1.807) is 6.92 Å². The van der Waals surface area contributed by atoms with Crippen LogP contribution in [0.2, 0.25) is 0 Å². The van der Waals surface area contributed by atoms with Crippen LogP contribution in [0.15, 0.2) is 30.3 Å². The summed E-state index contributed by atoms with van der Waals surface area (Å²) >= 11 is 0. The fourth-order valence-corrected chi connectivity index (χ4v) is 2.17. The molecule has 2 atom stereocenters. The van der Waals surface area contributed by atoms with E-state index in [1.807, 2.05) is 36.4 Å². The molecule has 0 fully saturated rings. The molecular weight excluding hydrogens is 254 g/mol. The van der Waals surface area contributed by atoms with E-state index < -0.39 is 17.3 Å². The van der Waals surface area contributed by atoms with Crippen LogP contribution in [0.1, 0.15) is 38.7 Å². The van der Waals surface area contributed by atoms with Gasteiger partial charge in [0.05, 0.1) is 12.7 Å².